The van der Waals surface area contributed by atoms with E-state index >= 15 is 0 Å². The largest absolute Gasteiger partial charge is 0.364 e. The van der Waals surface area contributed by atoms with Gasteiger partial charge in [-0.05, 0) is 68.0 Å². The van der Waals surface area contributed by atoms with Crippen molar-refractivity contribution in [1.82, 2.24) is 19.3 Å². The van der Waals surface area contributed by atoms with Crippen LogP contribution in [0.3, 0.4) is 0 Å². The third-order valence-electron chi connectivity index (χ3n) is 5.64. The van der Waals surface area contributed by atoms with Crippen LogP contribution in [0.25, 0.3) is 0 Å². The monoisotopic (exact) mass is 443 g/mol. The van der Waals surface area contributed by atoms with Gasteiger partial charge in [-0.2, -0.15) is 4.98 Å². The Morgan fingerprint density at radius 1 is 1.10 bits per heavy atom. The Labute approximate surface area is 187 Å². The molecule has 1 saturated heterocycles. The van der Waals surface area contributed by atoms with E-state index in [0.717, 1.165) is 43.9 Å². The second kappa shape index (κ2) is 10.4. The average Bonchev–Trinajstić information content (AvgIpc) is 2.77. The molecule has 0 spiro atoms. The molecule has 7 nitrogen and oxygen atoms in total. The number of halogens is 1. The van der Waals surface area contributed by atoms with Crippen molar-refractivity contribution in [3.63, 3.8) is 0 Å². The molecular weight excluding hydrogens is 413 g/mol. The molecule has 0 bridgehead atoms. The zero-order chi connectivity index (χ0) is 21.6. The highest BCUT2D eigenvalue weighted by Crippen LogP contribution is 2.28. The number of anilines is 3. The number of aromatic nitrogens is 2. The van der Waals surface area contributed by atoms with Crippen molar-refractivity contribution >= 4 is 29.4 Å². The molecule has 2 unspecified atom stereocenters. The number of nitrogens with zero attached hydrogens (tertiary/aromatic N) is 4. The molecule has 2 atom stereocenters. The van der Waals surface area contributed by atoms with E-state index in [9.17, 15) is 4.39 Å². The quantitative estimate of drug-likeness (QED) is 0.257. The third kappa shape index (κ3) is 6.39. The summed E-state index contributed by atoms with van der Waals surface area (Å²) in [6, 6.07) is 10.7. The van der Waals surface area contributed by atoms with Crippen LogP contribution in [0.2, 0.25) is 0 Å². The minimum Gasteiger partial charge on any atom is -0.364 e. The van der Waals surface area contributed by atoms with Crippen LogP contribution >= 0.6 is 11.9 Å². The summed E-state index contributed by atoms with van der Waals surface area (Å²) in [4.78, 5) is 10.0. The van der Waals surface area contributed by atoms with Crippen LogP contribution in [0.4, 0.5) is 21.8 Å². The lowest BCUT2D eigenvalue weighted by molar-refractivity contribution is 0.176. The van der Waals surface area contributed by atoms with Gasteiger partial charge in [0.25, 0.3) is 0 Å². The van der Waals surface area contributed by atoms with Gasteiger partial charge in [0.05, 0.1) is 0 Å². The van der Waals surface area contributed by atoms with Crippen LogP contribution in [0, 0.1) is 0 Å². The van der Waals surface area contributed by atoms with Crippen molar-refractivity contribution in [2.24, 2.45) is 5.84 Å². The lowest BCUT2D eigenvalue weighted by Gasteiger charge is -2.33. The minimum absolute atomic E-state index is 0.0985. The van der Waals surface area contributed by atoms with E-state index in [0.29, 0.717) is 18.4 Å². The van der Waals surface area contributed by atoms with Crippen LogP contribution < -0.4 is 16.5 Å². The molecule has 166 valence electrons. The van der Waals surface area contributed by atoms with E-state index in [1.165, 1.54) is 4.90 Å². The molecule has 2 heterocycles. The van der Waals surface area contributed by atoms with Crippen LogP contribution in [0.1, 0.15) is 25.7 Å². The Balaban J connectivity index is 1.29. The Hall–Kier alpha value is -2.20. The molecule has 31 heavy (non-hydrogen) atoms. The fraction of sp³-hybridized carbons (Fsp3) is 0.455. The van der Waals surface area contributed by atoms with Crippen molar-refractivity contribution in [3.8, 4) is 0 Å². The first-order chi connectivity index (χ1) is 15.0. The Kier molecular flexibility index (Phi) is 7.39. The van der Waals surface area contributed by atoms with Gasteiger partial charge >= 0.3 is 0 Å². The van der Waals surface area contributed by atoms with Gasteiger partial charge in [-0.1, -0.05) is 12.2 Å². The number of allylic oxidation sites excluding steroid dienone is 1. The SMILES string of the molecule is CN(N)C1CCN(Sc2ccc(Nc3nccc(NC4C=CC(F)CC4)n3)cc2)CC1. The fourth-order valence-electron chi connectivity index (χ4n) is 3.81. The lowest BCUT2D eigenvalue weighted by Crippen LogP contribution is -2.44. The fourth-order valence-corrected chi connectivity index (χ4v) is 4.76. The molecule has 0 radical (unpaired) electrons. The first-order valence-electron chi connectivity index (χ1n) is 10.7. The maximum Gasteiger partial charge on any atom is 0.229 e. The maximum absolute atomic E-state index is 13.2. The van der Waals surface area contributed by atoms with Crippen molar-refractivity contribution in [2.45, 2.75) is 48.8 Å². The second-order valence-electron chi connectivity index (χ2n) is 8.06. The minimum atomic E-state index is -0.832. The molecule has 1 aromatic heterocycles. The molecule has 1 fully saturated rings. The van der Waals surface area contributed by atoms with E-state index in [-0.39, 0.29) is 6.04 Å². The van der Waals surface area contributed by atoms with Gasteiger partial charge in [0.15, 0.2) is 0 Å². The number of hydrogen-bond acceptors (Lipinski definition) is 8. The third-order valence-corrected chi connectivity index (χ3v) is 6.75. The van der Waals surface area contributed by atoms with E-state index in [1.54, 1.807) is 24.2 Å². The van der Waals surface area contributed by atoms with Crippen LogP contribution in [-0.4, -0.2) is 57.7 Å². The molecule has 9 heteroatoms. The normalized spacial score (nSPS) is 22.6. The van der Waals surface area contributed by atoms with Gasteiger partial charge in [0.1, 0.15) is 12.0 Å². The van der Waals surface area contributed by atoms with Gasteiger partial charge in [0.2, 0.25) is 5.95 Å². The van der Waals surface area contributed by atoms with Crippen LogP contribution in [-0.2, 0) is 0 Å². The smallest absolute Gasteiger partial charge is 0.229 e. The number of rotatable bonds is 7. The number of hydrogen-bond donors (Lipinski definition) is 3. The molecule has 0 amide bonds. The number of benzene rings is 1. The van der Waals surface area contributed by atoms with Gasteiger partial charge in [-0.15, -0.1) is 0 Å². The molecule has 0 saturated carbocycles. The maximum atomic E-state index is 13.2. The molecule has 2 aliphatic rings. The number of nitrogens with one attached hydrogen (secondary N) is 2. The summed E-state index contributed by atoms with van der Waals surface area (Å²) in [6.07, 6.45) is 7.84. The van der Waals surface area contributed by atoms with Gasteiger partial charge in [-0.25, -0.2) is 18.7 Å². The molecule has 4 N–H and O–H groups in total. The van der Waals surface area contributed by atoms with Crippen molar-refractivity contribution in [2.75, 3.05) is 30.8 Å². The molecule has 1 aliphatic carbocycles. The predicted molar refractivity (Wildman–Crippen MR) is 125 cm³/mol. The highest BCUT2D eigenvalue weighted by Gasteiger charge is 2.21. The molecule has 1 aromatic carbocycles. The van der Waals surface area contributed by atoms with E-state index in [1.807, 2.05) is 36.3 Å². The Morgan fingerprint density at radius 2 is 1.87 bits per heavy atom. The molecule has 2 aromatic rings. The number of nitrogens with two attached hydrogens (primary N) is 1. The summed E-state index contributed by atoms with van der Waals surface area (Å²) in [5.41, 5.74) is 0.933. The number of hydrazine groups is 1. The summed E-state index contributed by atoms with van der Waals surface area (Å²) in [6.45, 7) is 2.07. The first-order valence-corrected chi connectivity index (χ1v) is 11.5. The van der Waals surface area contributed by atoms with Gasteiger partial charge in [-0.3, -0.25) is 5.84 Å². The molecule has 1 aliphatic heterocycles. The predicted octanol–water partition coefficient (Wildman–Crippen LogP) is 3.97. The number of piperidine rings is 1. The van der Waals surface area contributed by atoms with Gasteiger partial charge in [0, 0.05) is 49.0 Å². The second-order valence-corrected chi connectivity index (χ2v) is 9.23. The highest BCUT2D eigenvalue weighted by atomic mass is 32.2. The van der Waals surface area contributed by atoms with E-state index < -0.39 is 6.17 Å². The zero-order valence-corrected chi connectivity index (χ0v) is 18.6. The Morgan fingerprint density at radius 3 is 2.55 bits per heavy atom. The zero-order valence-electron chi connectivity index (χ0n) is 17.7. The molecular formula is C22H30FN7S. The van der Waals surface area contributed by atoms with Crippen LogP contribution in [0.15, 0.2) is 53.6 Å². The number of alkyl halides is 1. The topological polar surface area (TPSA) is 82.3 Å². The summed E-state index contributed by atoms with van der Waals surface area (Å²) in [5.74, 6) is 7.13. The summed E-state index contributed by atoms with van der Waals surface area (Å²) < 4.78 is 15.6. The van der Waals surface area contributed by atoms with Crippen molar-refractivity contribution < 1.29 is 4.39 Å². The summed E-state index contributed by atoms with van der Waals surface area (Å²) >= 11 is 1.79. The van der Waals surface area contributed by atoms with Crippen molar-refractivity contribution in [3.05, 3.63) is 48.7 Å². The standard InChI is InChI=1S/C22H30FN7S/c1-29(24)19-11-14-30(15-12-19)31-20-8-6-18(7-9-20)27-22-25-13-10-21(28-22)26-17-4-2-16(23)3-5-17/h2,4,6-10,13,16-17,19H,3,5,11-12,14-15,24H2,1H3,(H2,25,26,27,28). The van der Waals surface area contributed by atoms with Gasteiger partial charge < -0.3 is 10.6 Å². The van der Waals surface area contributed by atoms with Crippen LogP contribution in [0.5, 0.6) is 0 Å². The highest BCUT2D eigenvalue weighted by molar-refractivity contribution is 7.97. The Bertz CT molecular complexity index is 868. The summed E-state index contributed by atoms with van der Waals surface area (Å²) in [5, 5.41) is 8.42. The van der Waals surface area contributed by atoms with E-state index in [2.05, 4.69) is 37.0 Å². The first kappa shape index (κ1) is 22.0. The van der Waals surface area contributed by atoms with E-state index in [4.69, 9.17) is 5.84 Å². The summed E-state index contributed by atoms with van der Waals surface area (Å²) in [7, 11) is 1.95. The van der Waals surface area contributed by atoms with Crippen molar-refractivity contribution in [1.29, 1.82) is 0 Å². The molecule has 4 rings (SSSR count). The average molecular weight is 444 g/mol. The lowest BCUT2D eigenvalue weighted by atomic mass is 10.0.